The molecule has 0 radical (unpaired) electrons. The van der Waals surface area contributed by atoms with Crippen molar-refractivity contribution in [3.05, 3.63) is 29.3 Å². The number of benzene rings is 1. The molecule has 2 unspecified atom stereocenters. The van der Waals surface area contributed by atoms with Crippen LogP contribution >= 0.6 is 11.3 Å². The molecule has 3 heteroatoms. The van der Waals surface area contributed by atoms with Crippen molar-refractivity contribution in [3.8, 4) is 0 Å². The number of para-hydroxylation sites is 1. The van der Waals surface area contributed by atoms with Gasteiger partial charge in [-0.3, -0.25) is 0 Å². The average Bonchev–Trinajstić information content (AvgIpc) is 2.68. The summed E-state index contributed by atoms with van der Waals surface area (Å²) in [6.45, 7) is 0. The summed E-state index contributed by atoms with van der Waals surface area (Å²) in [5.41, 5.74) is 7.44. The second kappa shape index (κ2) is 5.37. The third-order valence-electron chi connectivity index (χ3n) is 3.99. The Bertz CT molecular complexity index is 487. The first-order valence-corrected chi connectivity index (χ1v) is 7.74. The summed E-state index contributed by atoms with van der Waals surface area (Å²) in [6, 6.07) is 8.77. The number of rotatable bonds is 2. The van der Waals surface area contributed by atoms with Crippen molar-refractivity contribution in [2.75, 3.05) is 0 Å². The normalized spacial score (nSPS) is 25.2. The van der Waals surface area contributed by atoms with Crippen LogP contribution in [0.1, 0.15) is 37.1 Å². The number of nitrogens with two attached hydrogens (primary N) is 1. The van der Waals surface area contributed by atoms with Gasteiger partial charge >= 0.3 is 0 Å². The first-order valence-electron chi connectivity index (χ1n) is 6.93. The zero-order chi connectivity index (χ0) is 12.4. The van der Waals surface area contributed by atoms with Crippen LogP contribution in [0.3, 0.4) is 0 Å². The molecule has 2 nitrogen and oxygen atoms in total. The summed E-state index contributed by atoms with van der Waals surface area (Å²) >= 11 is 1.83. The fraction of sp³-hybridized carbons (Fsp3) is 0.533. The minimum Gasteiger partial charge on any atom is -0.327 e. The Morgan fingerprint density at radius 3 is 2.89 bits per heavy atom. The molecular weight excluding hydrogens is 240 g/mol. The maximum atomic E-state index is 6.30. The van der Waals surface area contributed by atoms with Crippen LogP contribution < -0.4 is 5.73 Å². The first kappa shape index (κ1) is 12.1. The van der Waals surface area contributed by atoms with E-state index >= 15 is 0 Å². The largest absolute Gasteiger partial charge is 0.327 e. The fourth-order valence-electron chi connectivity index (χ4n) is 2.90. The van der Waals surface area contributed by atoms with Crippen LogP contribution in [0.25, 0.3) is 10.2 Å². The average molecular weight is 260 g/mol. The fourth-order valence-corrected chi connectivity index (χ4v) is 3.96. The van der Waals surface area contributed by atoms with Gasteiger partial charge in [0.15, 0.2) is 0 Å². The second-order valence-electron chi connectivity index (χ2n) is 5.34. The van der Waals surface area contributed by atoms with Gasteiger partial charge in [0.2, 0.25) is 0 Å². The zero-order valence-corrected chi connectivity index (χ0v) is 11.5. The number of aromatic nitrogens is 1. The Balaban J connectivity index is 1.78. The molecule has 1 aromatic carbocycles. The molecule has 1 heterocycles. The summed E-state index contributed by atoms with van der Waals surface area (Å²) in [5, 5.41) is 1.26. The second-order valence-corrected chi connectivity index (χ2v) is 6.46. The monoisotopic (exact) mass is 260 g/mol. The van der Waals surface area contributed by atoms with Gasteiger partial charge in [0.25, 0.3) is 0 Å². The SMILES string of the molecule is NC1CCCCCC1Cc1nc2ccccc2s1. The number of hydrogen-bond donors (Lipinski definition) is 1. The molecule has 0 spiro atoms. The molecule has 18 heavy (non-hydrogen) atoms. The molecular formula is C15H20N2S. The van der Waals surface area contributed by atoms with E-state index in [0.29, 0.717) is 12.0 Å². The summed E-state index contributed by atoms with van der Waals surface area (Å²) in [7, 11) is 0. The molecule has 96 valence electrons. The Morgan fingerprint density at radius 1 is 1.17 bits per heavy atom. The van der Waals surface area contributed by atoms with Crippen molar-refractivity contribution in [2.24, 2.45) is 11.7 Å². The van der Waals surface area contributed by atoms with Crippen molar-refractivity contribution < 1.29 is 0 Å². The summed E-state index contributed by atoms with van der Waals surface area (Å²) in [4.78, 5) is 4.73. The zero-order valence-electron chi connectivity index (χ0n) is 10.6. The highest BCUT2D eigenvalue weighted by atomic mass is 32.1. The minimum atomic E-state index is 0.375. The molecule has 0 amide bonds. The number of fused-ring (bicyclic) bond motifs is 1. The van der Waals surface area contributed by atoms with Gasteiger partial charge in [0.05, 0.1) is 15.2 Å². The highest BCUT2D eigenvalue weighted by molar-refractivity contribution is 7.18. The maximum Gasteiger partial charge on any atom is 0.0941 e. The van der Waals surface area contributed by atoms with Crippen molar-refractivity contribution >= 4 is 21.6 Å². The number of nitrogens with zero attached hydrogens (tertiary/aromatic N) is 1. The molecule has 2 aromatic rings. The van der Waals surface area contributed by atoms with E-state index in [1.807, 2.05) is 11.3 Å². The van der Waals surface area contributed by atoms with Gasteiger partial charge < -0.3 is 5.73 Å². The lowest BCUT2D eigenvalue weighted by atomic mass is 9.92. The van der Waals surface area contributed by atoms with Crippen molar-refractivity contribution in [1.29, 1.82) is 0 Å². The number of hydrogen-bond acceptors (Lipinski definition) is 3. The highest BCUT2D eigenvalue weighted by Crippen LogP contribution is 2.29. The van der Waals surface area contributed by atoms with Crippen molar-refractivity contribution in [2.45, 2.75) is 44.6 Å². The van der Waals surface area contributed by atoms with E-state index in [2.05, 4.69) is 24.3 Å². The molecule has 2 atom stereocenters. The standard InChI is InChI=1S/C15H20N2S/c16-12-7-3-1-2-6-11(12)10-15-17-13-8-4-5-9-14(13)18-15/h4-5,8-9,11-12H,1-3,6-7,10,16H2. The Morgan fingerprint density at radius 2 is 2.00 bits per heavy atom. The van der Waals surface area contributed by atoms with E-state index in [9.17, 15) is 0 Å². The van der Waals surface area contributed by atoms with Gasteiger partial charge in [-0.1, -0.05) is 31.4 Å². The lowest BCUT2D eigenvalue weighted by Gasteiger charge is -2.19. The van der Waals surface area contributed by atoms with Gasteiger partial charge in [0.1, 0.15) is 0 Å². The number of thiazole rings is 1. The lowest BCUT2D eigenvalue weighted by molar-refractivity contribution is 0.395. The van der Waals surface area contributed by atoms with Crippen molar-refractivity contribution in [1.82, 2.24) is 4.98 Å². The van der Waals surface area contributed by atoms with Crippen LogP contribution in [-0.2, 0) is 6.42 Å². The van der Waals surface area contributed by atoms with E-state index in [1.54, 1.807) is 0 Å². The molecule has 0 saturated heterocycles. The van der Waals surface area contributed by atoms with E-state index in [-0.39, 0.29) is 0 Å². The smallest absolute Gasteiger partial charge is 0.0941 e. The van der Waals surface area contributed by atoms with E-state index < -0.39 is 0 Å². The molecule has 1 aliphatic carbocycles. The molecule has 0 bridgehead atoms. The van der Waals surface area contributed by atoms with E-state index in [4.69, 9.17) is 10.7 Å². The van der Waals surface area contributed by atoms with Gasteiger partial charge in [-0.2, -0.15) is 0 Å². The van der Waals surface area contributed by atoms with Gasteiger partial charge in [0, 0.05) is 12.5 Å². The first-order chi connectivity index (χ1) is 8.83. The quantitative estimate of drug-likeness (QED) is 0.835. The van der Waals surface area contributed by atoms with Crippen LogP contribution in [0.2, 0.25) is 0 Å². The minimum absolute atomic E-state index is 0.375. The van der Waals surface area contributed by atoms with Crippen molar-refractivity contribution in [3.63, 3.8) is 0 Å². The lowest BCUT2D eigenvalue weighted by Crippen LogP contribution is -2.30. The van der Waals surface area contributed by atoms with Gasteiger partial charge in [-0.15, -0.1) is 11.3 Å². The van der Waals surface area contributed by atoms with Crippen LogP contribution in [0, 0.1) is 5.92 Å². The molecule has 3 rings (SSSR count). The molecule has 1 aromatic heterocycles. The predicted molar refractivity (Wildman–Crippen MR) is 77.9 cm³/mol. The van der Waals surface area contributed by atoms with E-state index in [0.717, 1.165) is 11.9 Å². The Labute approximate surface area is 112 Å². The molecule has 1 fully saturated rings. The van der Waals surface area contributed by atoms with Crippen LogP contribution in [0.5, 0.6) is 0 Å². The molecule has 1 saturated carbocycles. The molecule has 2 N–H and O–H groups in total. The summed E-state index contributed by atoms with van der Waals surface area (Å²) in [5.74, 6) is 0.632. The summed E-state index contributed by atoms with van der Waals surface area (Å²) in [6.07, 6.45) is 7.53. The summed E-state index contributed by atoms with van der Waals surface area (Å²) < 4.78 is 1.30. The van der Waals surface area contributed by atoms with E-state index in [1.165, 1.54) is 41.8 Å². The van der Waals surface area contributed by atoms with Crippen LogP contribution in [0.4, 0.5) is 0 Å². The molecule has 1 aliphatic rings. The maximum absolute atomic E-state index is 6.30. The Hall–Kier alpha value is -0.930. The highest BCUT2D eigenvalue weighted by Gasteiger charge is 2.21. The topological polar surface area (TPSA) is 38.9 Å². The predicted octanol–water partition coefficient (Wildman–Crippen LogP) is 3.75. The van der Waals surface area contributed by atoms with Crippen LogP contribution in [-0.4, -0.2) is 11.0 Å². The molecule has 0 aliphatic heterocycles. The third kappa shape index (κ3) is 2.57. The van der Waals surface area contributed by atoms with Gasteiger partial charge in [-0.25, -0.2) is 4.98 Å². The van der Waals surface area contributed by atoms with Crippen LogP contribution in [0.15, 0.2) is 24.3 Å². The Kier molecular flexibility index (Phi) is 3.62. The van der Waals surface area contributed by atoms with Gasteiger partial charge in [-0.05, 0) is 30.9 Å². The third-order valence-corrected chi connectivity index (χ3v) is 5.05.